The highest BCUT2D eigenvalue weighted by Gasteiger charge is 2.10. The number of nitrogens with one attached hydrogen (secondary N) is 1. The van der Waals surface area contributed by atoms with Gasteiger partial charge in [0.25, 0.3) is 5.56 Å². The summed E-state index contributed by atoms with van der Waals surface area (Å²) in [5.74, 6) is -0.361. The second kappa shape index (κ2) is 11.1. The van der Waals surface area contributed by atoms with Crippen molar-refractivity contribution in [2.75, 3.05) is 19.8 Å². The maximum atomic E-state index is 12.5. The van der Waals surface area contributed by atoms with Crippen molar-refractivity contribution in [2.24, 2.45) is 0 Å². The summed E-state index contributed by atoms with van der Waals surface area (Å²) >= 11 is 0. The number of amides is 1. The van der Waals surface area contributed by atoms with Gasteiger partial charge in [-0.15, -0.1) is 0 Å². The number of nitrogens with zero attached hydrogens (tertiary/aromatic N) is 2. The Kier molecular flexibility index (Phi) is 8.51. The molecule has 0 saturated carbocycles. The fourth-order valence-electron chi connectivity index (χ4n) is 2.55. The lowest BCUT2D eigenvalue weighted by Gasteiger charge is -2.10. The Balaban J connectivity index is 1.90. The summed E-state index contributed by atoms with van der Waals surface area (Å²) in [5.41, 5.74) is -0.0379. The van der Waals surface area contributed by atoms with E-state index in [0.29, 0.717) is 26.1 Å². The molecule has 0 aliphatic heterocycles. The minimum atomic E-state index is -0.496. The third-order valence-electron chi connectivity index (χ3n) is 4.07. The number of hydrogen-bond acceptors (Lipinski definition) is 4. The Hall–Kier alpha value is -2.67. The van der Waals surface area contributed by atoms with E-state index in [1.165, 1.54) is 16.8 Å². The number of aromatic nitrogens is 2. The van der Waals surface area contributed by atoms with Crippen LogP contribution in [0.15, 0.2) is 52.2 Å². The Bertz CT molecular complexity index is 827. The van der Waals surface area contributed by atoms with Crippen molar-refractivity contribution >= 4 is 5.91 Å². The molecule has 0 atom stereocenters. The van der Waals surface area contributed by atoms with Gasteiger partial charge in [-0.1, -0.05) is 43.7 Å². The minimum Gasteiger partial charge on any atom is -0.381 e. The van der Waals surface area contributed by atoms with E-state index >= 15 is 0 Å². The fourth-order valence-corrected chi connectivity index (χ4v) is 2.55. The molecule has 0 bridgehead atoms. The molecule has 7 nitrogen and oxygen atoms in total. The van der Waals surface area contributed by atoms with Crippen LogP contribution in [0.4, 0.5) is 0 Å². The third-order valence-corrected chi connectivity index (χ3v) is 4.07. The Morgan fingerprint density at radius 2 is 1.81 bits per heavy atom. The van der Waals surface area contributed by atoms with Crippen molar-refractivity contribution < 1.29 is 9.53 Å². The summed E-state index contributed by atoms with van der Waals surface area (Å²) in [6.45, 7) is 3.91. The molecule has 0 saturated heterocycles. The largest absolute Gasteiger partial charge is 0.381 e. The van der Waals surface area contributed by atoms with E-state index < -0.39 is 11.2 Å². The Morgan fingerprint density at radius 3 is 2.56 bits per heavy atom. The first kappa shape index (κ1) is 20.6. The van der Waals surface area contributed by atoms with Crippen LogP contribution >= 0.6 is 0 Å². The summed E-state index contributed by atoms with van der Waals surface area (Å²) in [6, 6.07) is 10.8. The van der Waals surface area contributed by atoms with E-state index in [0.717, 1.165) is 29.6 Å². The lowest BCUT2D eigenvalue weighted by atomic mass is 10.2. The Morgan fingerprint density at radius 1 is 1.07 bits per heavy atom. The molecule has 0 aliphatic carbocycles. The summed E-state index contributed by atoms with van der Waals surface area (Å²) in [5, 5.41) is 2.72. The highest BCUT2D eigenvalue weighted by Crippen LogP contribution is 1.99. The third kappa shape index (κ3) is 6.86. The number of benzene rings is 1. The first-order valence-electron chi connectivity index (χ1n) is 9.30. The molecule has 146 valence electrons. The van der Waals surface area contributed by atoms with Crippen molar-refractivity contribution in [1.82, 2.24) is 14.5 Å². The van der Waals surface area contributed by atoms with Gasteiger partial charge in [0, 0.05) is 32.0 Å². The number of carbonyl (C=O) groups excluding carboxylic acids is 1. The number of carbonyl (C=O) groups is 1. The predicted octanol–water partition coefficient (Wildman–Crippen LogP) is 1.38. The van der Waals surface area contributed by atoms with Gasteiger partial charge in [0.05, 0.1) is 6.54 Å². The van der Waals surface area contributed by atoms with Crippen LogP contribution in [-0.4, -0.2) is 34.8 Å². The molecule has 1 aromatic heterocycles. The van der Waals surface area contributed by atoms with Gasteiger partial charge in [0.15, 0.2) is 0 Å². The highest BCUT2D eigenvalue weighted by molar-refractivity contribution is 5.75. The van der Waals surface area contributed by atoms with Gasteiger partial charge >= 0.3 is 5.69 Å². The van der Waals surface area contributed by atoms with Crippen LogP contribution in [0.5, 0.6) is 0 Å². The molecule has 0 radical (unpaired) electrons. The van der Waals surface area contributed by atoms with Crippen LogP contribution < -0.4 is 16.6 Å². The van der Waals surface area contributed by atoms with E-state index in [9.17, 15) is 14.4 Å². The maximum Gasteiger partial charge on any atom is 0.331 e. The molecule has 1 heterocycles. The topological polar surface area (TPSA) is 82.3 Å². The predicted molar refractivity (Wildman–Crippen MR) is 104 cm³/mol. The Labute approximate surface area is 158 Å². The lowest BCUT2D eigenvalue weighted by Crippen LogP contribution is -2.43. The molecule has 2 rings (SSSR count). The summed E-state index contributed by atoms with van der Waals surface area (Å²) in [7, 11) is 0. The molecule has 0 fully saturated rings. The SMILES string of the molecule is CCCCOCCCNC(=O)Cn1c(=O)ccn(Cc2ccccc2)c1=O. The van der Waals surface area contributed by atoms with Gasteiger partial charge < -0.3 is 10.1 Å². The zero-order chi connectivity index (χ0) is 19.5. The molecule has 0 aliphatic rings. The standard InChI is InChI=1S/C20H27N3O4/c1-2-3-13-27-14-7-11-21-18(24)16-23-19(25)10-12-22(20(23)26)15-17-8-5-4-6-9-17/h4-6,8-10,12H,2-3,7,11,13-16H2,1H3,(H,21,24). The van der Waals surface area contributed by atoms with E-state index in [-0.39, 0.29) is 12.5 Å². The lowest BCUT2D eigenvalue weighted by molar-refractivity contribution is -0.121. The fraction of sp³-hybridized carbons (Fsp3) is 0.450. The van der Waals surface area contributed by atoms with E-state index in [1.54, 1.807) is 0 Å². The molecule has 1 amide bonds. The van der Waals surface area contributed by atoms with Gasteiger partial charge in [-0.25, -0.2) is 4.79 Å². The van der Waals surface area contributed by atoms with Gasteiger partial charge in [0.2, 0.25) is 5.91 Å². The maximum absolute atomic E-state index is 12.5. The van der Waals surface area contributed by atoms with Crippen molar-refractivity contribution in [3.63, 3.8) is 0 Å². The number of hydrogen-bond donors (Lipinski definition) is 1. The van der Waals surface area contributed by atoms with Crippen molar-refractivity contribution in [3.8, 4) is 0 Å². The van der Waals surface area contributed by atoms with E-state index in [4.69, 9.17) is 4.74 Å². The minimum absolute atomic E-state index is 0.288. The second-order valence-corrected chi connectivity index (χ2v) is 6.31. The van der Waals surface area contributed by atoms with Gasteiger partial charge in [-0.2, -0.15) is 0 Å². The van der Waals surface area contributed by atoms with Crippen molar-refractivity contribution in [3.05, 3.63) is 69.0 Å². The van der Waals surface area contributed by atoms with Crippen LogP contribution in [0.2, 0.25) is 0 Å². The number of rotatable bonds is 11. The number of unbranched alkanes of at least 4 members (excludes halogenated alkanes) is 1. The van der Waals surface area contributed by atoms with Crippen LogP contribution in [0, 0.1) is 0 Å². The molecule has 1 aromatic carbocycles. The second-order valence-electron chi connectivity index (χ2n) is 6.31. The van der Waals surface area contributed by atoms with Gasteiger partial charge in [-0.3, -0.25) is 18.7 Å². The summed E-state index contributed by atoms with van der Waals surface area (Å²) < 4.78 is 7.80. The summed E-state index contributed by atoms with van der Waals surface area (Å²) in [4.78, 5) is 36.6. The van der Waals surface area contributed by atoms with E-state index in [1.807, 2.05) is 30.3 Å². The zero-order valence-corrected chi connectivity index (χ0v) is 15.7. The van der Waals surface area contributed by atoms with Crippen LogP contribution in [0.25, 0.3) is 0 Å². The molecule has 1 N–H and O–H groups in total. The highest BCUT2D eigenvalue weighted by atomic mass is 16.5. The number of ether oxygens (including phenoxy) is 1. The van der Waals surface area contributed by atoms with Crippen LogP contribution in [-0.2, 0) is 22.6 Å². The first-order chi connectivity index (χ1) is 13.1. The van der Waals surface area contributed by atoms with Gasteiger partial charge in [-0.05, 0) is 18.4 Å². The molecular formula is C20H27N3O4. The van der Waals surface area contributed by atoms with Crippen molar-refractivity contribution in [1.29, 1.82) is 0 Å². The average molecular weight is 373 g/mol. The molecular weight excluding hydrogens is 346 g/mol. The molecule has 0 unspecified atom stereocenters. The molecule has 2 aromatic rings. The molecule has 27 heavy (non-hydrogen) atoms. The zero-order valence-electron chi connectivity index (χ0n) is 15.7. The molecule has 7 heteroatoms. The van der Waals surface area contributed by atoms with E-state index in [2.05, 4.69) is 12.2 Å². The first-order valence-corrected chi connectivity index (χ1v) is 9.30. The van der Waals surface area contributed by atoms with Crippen molar-refractivity contribution in [2.45, 2.75) is 39.3 Å². The molecule has 0 spiro atoms. The van der Waals surface area contributed by atoms with Crippen LogP contribution in [0.1, 0.15) is 31.7 Å². The van der Waals surface area contributed by atoms with Gasteiger partial charge in [0.1, 0.15) is 6.54 Å². The quantitative estimate of drug-likeness (QED) is 0.603. The average Bonchev–Trinajstić information content (AvgIpc) is 2.67. The normalized spacial score (nSPS) is 10.7. The smallest absolute Gasteiger partial charge is 0.331 e. The summed E-state index contributed by atoms with van der Waals surface area (Å²) in [6.07, 6.45) is 4.26. The monoisotopic (exact) mass is 373 g/mol. The van der Waals surface area contributed by atoms with Crippen LogP contribution in [0.3, 0.4) is 0 Å².